The Morgan fingerprint density at radius 1 is 0.857 bits per heavy atom. The maximum absolute atomic E-state index is 13.6. The van der Waals surface area contributed by atoms with Gasteiger partial charge in [-0.15, -0.1) is 0 Å². The molecule has 0 aliphatic carbocycles. The van der Waals surface area contributed by atoms with Gasteiger partial charge >= 0.3 is 0 Å². The zero-order chi connectivity index (χ0) is 24.6. The zero-order valence-electron chi connectivity index (χ0n) is 20.5. The molecule has 2 aliphatic rings. The Labute approximate surface area is 209 Å². The van der Waals surface area contributed by atoms with E-state index in [4.69, 9.17) is 0 Å². The van der Waals surface area contributed by atoms with E-state index in [-0.39, 0.29) is 24.6 Å². The first kappa shape index (κ1) is 24.2. The second kappa shape index (κ2) is 9.86. The van der Waals surface area contributed by atoms with Gasteiger partial charge in [-0.2, -0.15) is 4.31 Å². The van der Waals surface area contributed by atoms with Crippen LogP contribution in [0.25, 0.3) is 11.1 Å². The summed E-state index contributed by atoms with van der Waals surface area (Å²) in [4.78, 5) is 2.71. The van der Waals surface area contributed by atoms with Gasteiger partial charge in [-0.3, -0.25) is 4.90 Å². The van der Waals surface area contributed by atoms with Crippen LogP contribution in [-0.4, -0.2) is 61.1 Å². The molecule has 1 unspecified atom stereocenters. The molecule has 5 rings (SSSR count). The van der Waals surface area contributed by atoms with Crippen LogP contribution in [0.1, 0.15) is 35.4 Å². The fourth-order valence-electron chi connectivity index (χ4n) is 5.89. The molecule has 3 aromatic carbocycles. The van der Waals surface area contributed by atoms with Crippen LogP contribution in [-0.2, 0) is 10.0 Å². The average Bonchev–Trinajstić information content (AvgIpc) is 2.84. The lowest BCUT2D eigenvalue weighted by Crippen LogP contribution is -2.67. The van der Waals surface area contributed by atoms with Crippen molar-refractivity contribution in [3.05, 3.63) is 89.5 Å². The molecule has 2 fully saturated rings. The molecule has 3 atom stereocenters. The largest absolute Gasteiger partial charge is 0.395 e. The molecular weight excluding hydrogens is 456 g/mol. The molecule has 3 aromatic rings. The zero-order valence-corrected chi connectivity index (χ0v) is 21.3. The fraction of sp³-hybridized carbons (Fsp3) is 0.379. The summed E-state index contributed by atoms with van der Waals surface area (Å²) in [5, 5.41) is 10.3. The highest BCUT2D eigenvalue weighted by atomic mass is 32.2. The first-order valence-corrected chi connectivity index (χ1v) is 13.9. The molecule has 0 bridgehead atoms. The summed E-state index contributed by atoms with van der Waals surface area (Å²) in [6.45, 7) is 5.92. The summed E-state index contributed by atoms with van der Waals surface area (Å²) in [7, 11) is -3.59. The van der Waals surface area contributed by atoms with Gasteiger partial charge in [-0.1, -0.05) is 66.7 Å². The summed E-state index contributed by atoms with van der Waals surface area (Å²) in [6, 6.07) is 24.3. The number of hydrogen-bond acceptors (Lipinski definition) is 4. The van der Waals surface area contributed by atoms with Crippen molar-refractivity contribution >= 4 is 10.0 Å². The van der Waals surface area contributed by atoms with E-state index in [2.05, 4.69) is 54.3 Å². The van der Waals surface area contributed by atoms with E-state index < -0.39 is 10.0 Å². The highest BCUT2D eigenvalue weighted by Gasteiger charge is 2.50. The summed E-state index contributed by atoms with van der Waals surface area (Å²) >= 11 is 0. The summed E-state index contributed by atoms with van der Waals surface area (Å²) < 4.78 is 28.9. The van der Waals surface area contributed by atoms with E-state index in [9.17, 15) is 13.5 Å². The quantitative estimate of drug-likeness (QED) is 0.569. The minimum Gasteiger partial charge on any atom is -0.395 e. The van der Waals surface area contributed by atoms with Crippen molar-refractivity contribution in [1.82, 2.24) is 9.21 Å². The van der Waals surface area contributed by atoms with Gasteiger partial charge in [0.2, 0.25) is 10.0 Å². The highest BCUT2D eigenvalue weighted by molar-refractivity contribution is 7.89. The predicted molar refractivity (Wildman–Crippen MR) is 140 cm³/mol. The van der Waals surface area contributed by atoms with Crippen LogP contribution in [0.5, 0.6) is 0 Å². The van der Waals surface area contributed by atoms with Crippen molar-refractivity contribution in [1.29, 1.82) is 0 Å². The van der Waals surface area contributed by atoms with Crippen molar-refractivity contribution in [3.8, 4) is 11.1 Å². The van der Waals surface area contributed by atoms with Gasteiger partial charge in [-0.25, -0.2) is 8.42 Å². The number of nitrogens with zero attached hydrogens (tertiary/aromatic N) is 2. The number of aliphatic hydroxyl groups is 1. The normalized spacial score (nSPS) is 23.7. The molecule has 0 amide bonds. The molecule has 6 heteroatoms. The Kier molecular flexibility index (Phi) is 6.82. The number of sulfonamides is 1. The topological polar surface area (TPSA) is 60.9 Å². The van der Waals surface area contributed by atoms with Crippen molar-refractivity contribution in [3.63, 3.8) is 0 Å². The van der Waals surface area contributed by atoms with Gasteiger partial charge in [0.05, 0.1) is 11.5 Å². The molecule has 0 saturated carbocycles. The minimum atomic E-state index is -3.59. The van der Waals surface area contributed by atoms with E-state index >= 15 is 0 Å². The Morgan fingerprint density at radius 2 is 1.51 bits per heavy atom. The van der Waals surface area contributed by atoms with Crippen LogP contribution in [0.2, 0.25) is 0 Å². The average molecular weight is 491 g/mol. The summed E-state index contributed by atoms with van der Waals surface area (Å²) in [5.74, 6) is 0.0959. The number of fused-ring (bicyclic) bond motifs is 1. The number of benzene rings is 3. The van der Waals surface area contributed by atoms with E-state index in [1.54, 1.807) is 16.4 Å². The molecule has 0 spiro atoms. The lowest BCUT2D eigenvalue weighted by atomic mass is 9.74. The van der Waals surface area contributed by atoms with Crippen LogP contribution >= 0.6 is 0 Å². The van der Waals surface area contributed by atoms with Crippen LogP contribution in [0.4, 0.5) is 0 Å². The smallest absolute Gasteiger partial charge is 0.243 e. The maximum atomic E-state index is 13.6. The molecule has 2 saturated heterocycles. The van der Waals surface area contributed by atoms with Crippen LogP contribution in [0.3, 0.4) is 0 Å². The van der Waals surface area contributed by atoms with Crippen LogP contribution in [0, 0.1) is 13.8 Å². The van der Waals surface area contributed by atoms with Gasteiger partial charge in [-0.05, 0) is 67.1 Å². The molecule has 2 heterocycles. The van der Waals surface area contributed by atoms with Crippen molar-refractivity contribution in [2.45, 2.75) is 49.6 Å². The lowest BCUT2D eigenvalue weighted by molar-refractivity contribution is -0.0553. The number of aryl methyl sites for hydroxylation is 2. The highest BCUT2D eigenvalue weighted by Crippen LogP contribution is 2.43. The molecular formula is C29H34N2O3S. The third-order valence-electron chi connectivity index (χ3n) is 7.80. The fourth-order valence-corrected chi connectivity index (χ4v) is 7.62. The number of aliphatic hydroxyl groups excluding tert-OH is 1. The first-order valence-electron chi connectivity index (χ1n) is 12.5. The Morgan fingerprint density at radius 3 is 2.20 bits per heavy atom. The third kappa shape index (κ3) is 4.45. The van der Waals surface area contributed by atoms with Crippen LogP contribution < -0.4 is 0 Å². The van der Waals surface area contributed by atoms with Gasteiger partial charge in [0.25, 0.3) is 0 Å². The lowest BCUT2D eigenvalue weighted by Gasteiger charge is -2.57. The molecule has 0 aromatic heterocycles. The van der Waals surface area contributed by atoms with E-state index in [1.807, 2.05) is 25.1 Å². The second-order valence-corrected chi connectivity index (χ2v) is 11.8. The number of rotatable bonds is 5. The number of hydrogen-bond donors (Lipinski definition) is 1. The predicted octanol–water partition coefficient (Wildman–Crippen LogP) is 4.58. The molecule has 2 aliphatic heterocycles. The van der Waals surface area contributed by atoms with E-state index in [1.165, 1.54) is 16.7 Å². The standard InChI is InChI=1S/C29H34N2O3S/c1-21-9-3-5-11-25(21)23-13-15-24(16-14-23)29-26-19-30(17-7-8-18-31(26)27(29)20-32)35(33,34)28-12-6-4-10-22(28)2/h3-6,9-16,26-27,29,32H,7-8,17-20H2,1-2H3/t26-,27?,29-/m0/s1. The molecule has 35 heavy (non-hydrogen) atoms. The Bertz CT molecular complexity index is 1290. The molecule has 0 radical (unpaired) electrons. The minimum absolute atomic E-state index is 0.0189. The van der Waals surface area contributed by atoms with Gasteiger partial charge in [0, 0.05) is 31.1 Å². The van der Waals surface area contributed by atoms with Crippen molar-refractivity contribution < 1.29 is 13.5 Å². The van der Waals surface area contributed by atoms with Crippen molar-refractivity contribution in [2.24, 2.45) is 0 Å². The van der Waals surface area contributed by atoms with Crippen molar-refractivity contribution in [2.75, 3.05) is 26.2 Å². The van der Waals surface area contributed by atoms with E-state index in [0.717, 1.165) is 30.5 Å². The maximum Gasteiger partial charge on any atom is 0.243 e. The monoisotopic (exact) mass is 490 g/mol. The Hall–Kier alpha value is -2.51. The molecule has 1 N–H and O–H groups in total. The Balaban J connectivity index is 1.44. The summed E-state index contributed by atoms with van der Waals surface area (Å²) in [5.41, 5.74) is 5.56. The SMILES string of the molecule is Cc1ccccc1-c1ccc([C@@H]2C(CO)N3CCCCN(S(=O)(=O)c4ccccc4C)C[C@@H]23)cc1. The van der Waals surface area contributed by atoms with Gasteiger partial charge in [0.1, 0.15) is 0 Å². The van der Waals surface area contributed by atoms with Gasteiger partial charge < -0.3 is 5.11 Å². The second-order valence-electron chi connectivity index (χ2n) is 9.85. The van der Waals surface area contributed by atoms with Gasteiger partial charge in [0.15, 0.2) is 0 Å². The van der Waals surface area contributed by atoms with Crippen LogP contribution in [0.15, 0.2) is 77.7 Å². The summed E-state index contributed by atoms with van der Waals surface area (Å²) in [6.07, 6.45) is 1.74. The molecule has 184 valence electrons. The third-order valence-corrected chi connectivity index (χ3v) is 9.82. The van der Waals surface area contributed by atoms with E-state index in [0.29, 0.717) is 18.0 Å². The molecule has 5 nitrogen and oxygen atoms in total. The first-order chi connectivity index (χ1) is 16.9.